The van der Waals surface area contributed by atoms with Crippen molar-refractivity contribution < 1.29 is 14.4 Å². The zero-order valence-electron chi connectivity index (χ0n) is 17.4. The minimum Gasteiger partial charge on any atom is -0.398 e. The number of anilines is 1. The number of carbonyl (C=O) groups is 3. The first-order valence-electron chi connectivity index (χ1n) is 10.6. The van der Waals surface area contributed by atoms with E-state index < -0.39 is 0 Å². The summed E-state index contributed by atoms with van der Waals surface area (Å²) >= 11 is 0. The van der Waals surface area contributed by atoms with Crippen molar-refractivity contribution in [2.45, 2.75) is 52.0 Å². The van der Waals surface area contributed by atoms with Crippen LogP contribution in [0.1, 0.15) is 54.9 Å². The molecular formula is C22H32N4O3. The second kappa shape index (κ2) is 9.29. The highest BCUT2D eigenvalue weighted by Gasteiger charge is 2.33. The van der Waals surface area contributed by atoms with E-state index in [4.69, 9.17) is 5.73 Å². The maximum atomic E-state index is 13.1. The minimum absolute atomic E-state index is 0.0960. The number of amides is 3. The maximum absolute atomic E-state index is 13.1. The number of aryl methyl sites for hydroxylation is 1. The molecule has 2 unspecified atom stereocenters. The number of rotatable bonds is 4. The average molecular weight is 401 g/mol. The van der Waals surface area contributed by atoms with Gasteiger partial charge in [0.1, 0.15) is 0 Å². The summed E-state index contributed by atoms with van der Waals surface area (Å²) < 4.78 is 0. The fraction of sp³-hybridized carbons (Fsp3) is 0.591. The van der Waals surface area contributed by atoms with Crippen LogP contribution < -0.4 is 11.1 Å². The van der Waals surface area contributed by atoms with E-state index in [1.54, 1.807) is 17.0 Å². The number of nitrogens with one attached hydrogen (secondary N) is 1. The van der Waals surface area contributed by atoms with Gasteiger partial charge in [-0.2, -0.15) is 0 Å². The smallest absolute Gasteiger partial charge is 0.253 e. The van der Waals surface area contributed by atoms with Crippen molar-refractivity contribution >= 4 is 23.4 Å². The fourth-order valence-electron chi connectivity index (χ4n) is 4.27. The summed E-state index contributed by atoms with van der Waals surface area (Å²) in [6, 6.07) is 5.33. The van der Waals surface area contributed by atoms with Crippen LogP contribution in [0.3, 0.4) is 0 Å². The average Bonchev–Trinajstić information content (AvgIpc) is 2.95. The summed E-state index contributed by atoms with van der Waals surface area (Å²) in [5.74, 6) is -0.0964. The van der Waals surface area contributed by atoms with Crippen LogP contribution in [0.2, 0.25) is 0 Å². The van der Waals surface area contributed by atoms with E-state index in [0.717, 1.165) is 24.8 Å². The molecule has 3 N–H and O–H groups in total. The van der Waals surface area contributed by atoms with Gasteiger partial charge in [0.2, 0.25) is 11.8 Å². The Morgan fingerprint density at radius 3 is 2.76 bits per heavy atom. The van der Waals surface area contributed by atoms with E-state index in [1.807, 2.05) is 24.8 Å². The summed E-state index contributed by atoms with van der Waals surface area (Å²) in [5, 5.41) is 3.08. The summed E-state index contributed by atoms with van der Waals surface area (Å²) in [7, 11) is 0. The summed E-state index contributed by atoms with van der Waals surface area (Å²) in [6.07, 6.45) is 3.77. The number of likely N-dealkylation sites (tertiary alicyclic amines) is 2. The van der Waals surface area contributed by atoms with Crippen LogP contribution in [0.4, 0.5) is 5.69 Å². The van der Waals surface area contributed by atoms with Crippen LogP contribution in [0.25, 0.3) is 0 Å². The Labute approximate surface area is 172 Å². The van der Waals surface area contributed by atoms with E-state index in [-0.39, 0.29) is 29.7 Å². The van der Waals surface area contributed by atoms with Gasteiger partial charge in [-0.15, -0.1) is 0 Å². The van der Waals surface area contributed by atoms with Crippen molar-refractivity contribution in [1.82, 2.24) is 15.1 Å². The second-order valence-electron chi connectivity index (χ2n) is 8.21. The van der Waals surface area contributed by atoms with E-state index in [9.17, 15) is 14.4 Å². The van der Waals surface area contributed by atoms with Crippen molar-refractivity contribution in [3.63, 3.8) is 0 Å². The SMILES string of the molecule is CCN1CC(C(=O)N2CCCCC(NC(=O)c3cc(C)ccc3N)C2)CCC1=O. The molecule has 2 atom stereocenters. The zero-order valence-corrected chi connectivity index (χ0v) is 17.4. The normalized spacial score (nSPS) is 22.9. The number of piperidine rings is 1. The molecule has 29 heavy (non-hydrogen) atoms. The Hall–Kier alpha value is -2.57. The molecule has 0 bridgehead atoms. The molecule has 3 amide bonds. The van der Waals surface area contributed by atoms with Gasteiger partial charge in [-0.1, -0.05) is 11.6 Å². The van der Waals surface area contributed by atoms with Gasteiger partial charge in [-0.05, 0) is 51.7 Å². The van der Waals surface area contributed by atoms with Crippen molar-refractivity contribution in [3.05, 3.63) is 29.3 Å². The molecule has 2 saturated heterocycles. The molecule has 158 valence electrons. The van der Waals surface area contributed by atoms with Gasteiger partial charge in [0, 0.05) is 44.3 Å². The third-order valence-corrected chi connectivity index (χ3v) is 6.00. The number of nitrogens with zero attached hydrogens (tertiary/aromatic N) is 2. The Balaban J connectivity index is 1.65. The third kappa shape index (κ3) is 5.08. The molecule has 0 saturated carbocycles. The lowest BCUT2D eigenvalue weighted by atomic mass is 9.95. The number of nitrogens with two attached hydrogens (primary N) is 1. The van der Waals surface area contributed by atoms with Crippen molar-refractivity contribution in [2.75, 3.05) is 31.9 Å². The van der Waals surface area contributed by atoms with Gasteiger partial charge >= 0.3 is 0 Å². The van der Waals surface area contributed by atoms with Crippen LogP contribution >= 0.6 is 0 Å². The molecule has 7 nitrogen and oxygen atoms in total. The quantitative estimate of drug-likeness (QED) is 0.755. The third-order valence-electron chi connectivity index (χ3n) is 6.00. The lowest BCUT2D eigenvalue weighted by Crippen LogP contribution is -2.50. The molecule has 1 aromatic carbocycles. The molecule has 7 heteroatoms. The van der Waals surface area contributed by atoms with Gasteiger partial charge in [0.25, 0.3) is 5.91 Å². The summed E-state index contributed by atoms with van der Waals surface area (Å²) in [5.41, 5.74) is 7.90. The molecule has 0 aliphatic carbocycles. The molecule has 2 aliphatic heterocycles. The minimum atomic E-state index is -0.189. The van der Waals surface area contributed by atoms with Crippen LogP contribution in [-0.2, 0) is 9.59 Å². The van der Waals surface area contributed by atoms with Crippen molar-refractivity contribution in [2.24, 2.45) is 5.92 Å². The van der Waals surface area contributed by atoms with E-state index in [2.05, 4.69) is 5.32 Å². The maximum Gasteiger partial charge on any atom is 0.253 e. The van der Waals surface area contributed by atoms with Gasteiger partial charge in [0.15, 0.2) is 0 Å². The Morgan fingerprint density at radius 2 is 2.00 bits per heavy atom. The predicted molar refractivity (Wildman–Crippen MR) is 112 cm³/mol. The molecule has 2 fully saturated rings. The number of hydrogen-bond donors (Lipinski definition) is 2. The Kier molecular flexibility index (Phi) is 6.77. The van der Waals surface area contributed by atoms with E-state index >= 15 is 0 Å². The first kappa shape index (κ1) is 21.1. The lowest BCUT2D eigenvalue weighted by molar-refractivity contribution is -0.143. The highest BCUT2D eigenvalue weighted by Crippen LogP contribution is 2.22. The number of benzene rings is 1. The number of hydrogen-bond acceptors (Lipinski definition) is 4. The summed E-state index contributed by atoms with van der Waals surface area (Å²) in [4.78, 5) is 41.5. The molecule has 3 rings (SSSR count). The van der Waals surface area contributed by atoms with Gasteiger partial charge in [0.05, 0.1) is 11.5 Å². The Morgan fingerprint density at radius 1 is 1.21 bits per heavy atom. The highest BCUT2D eigenvalue weighted by molar-refractivity contribution is 5.99. The van der Waals surface area contributed by atoms with Crippen LogP contribution in [-0.4, -0.2) is 59.7 Å². The van der Waals surface area contributed by atoms with Gasteiger partial charge in [-0.25, -0.2) is 0 Å². The van der Waals surface area contributed by atoms with Gasteiger partial charge in [-0.3, -0.25) is 14.4 Å². The standard InChI is InChI=1S/C22H32N4O3/c1-3-25-13-16(8-10-20(25)27)22(29)26-11-5-4-6-17(14-26)24-21(28)18-12-15(2)7-9-19(18)23/h7,9,12,16-17H,3-6,8,10-11,13-14,23H2,1-2H3,(H,24,28). The van der Waals surface area contributed by atoms with E-state index in [1.165, 1.54) is 0 Å². The Bertz CT molecular complexity index is 779. The van der Waals surface area contributed by atoms with Crippen molar-refractivity contribution in [3.8, 4) is 0 Å². The monoisotopic (exact) mass is 400 g/mol. The first-order chi connectivity index (χ1) is 13.9. The molecule has 2 aliphatic rings. The first-order valence-corrected chi connectivity index (χ1v) is 10.6. The zero-order chi connectivity index (χ0) is 21.0. The molecule has 0 aromatic heterocycles. The van der Waals surface area contributed by atoms with Crippen LogP contribution in [0.5, 0.6) is 0 Å². The highest BCUT2D eigenvalue weighted by atomic mass is 16.2. The summed E-state index contributed by atoms with van der Waals surface area (Å²) in [6.45, 7) is 6.22. The molecular weight excluding hydrogens is 368 g/mol. The van der Waals surface area contributed by atoms with Crippen molar-refractivity contribution in [1.29, 1.82) is 0 Å². The van der Waals surface area contributed by atoms with Crippen LogP contribution in [0, 0.1) is 12.8 Å². The fourth-order valence-corrected chi connectivity index (χ4v) is 4.27. The molecule has 0 radical (unpaired) electrons. The topological polar surface area (TPSA) is 95.7 Å². The second-order valence-corrected chi connectivity index (χ2v) is 8.21. The molecule has 1 aromatic rings. The molecule has 0 spiro atoms. The van der Waals surface area contributed by atoms with Crippen LogP contribution in [0.15, 0.2) is 18.2 Å². The molecule has 2 heterocycles. The largest absolute Gasteiger partial charge is 0.398 e. The lowest BCUT2D eigenvalue weighted by Gasteiger charge is -2.35. The van der Waals surface area contributed by atoms with E-state index in [0.29, 0.717) is 50.3 Å². The number of nitrogen functional groups attached to an aromatic ring is 1. The van der Waals surface area contributed by atoms with Gasteiger partial charge < -0.3 is 20.9 Å². The predicted octanol–water partition coefficient (Wildman–Crippen LogP) is 1.95. The number of carbonyl (C=O) groups excluding carboxylic acids is 3.